The number of rotatable bonds is 6. The fraction of sp³-hybridized carbons (Fsp3) is 0.316. The van der Waals surface area contributed by atoms with Crippen molar-refractivity contribution in [3.8, 4) is 0 Å². The molecule has 0 saturated heterocycles. The van der Waals surface area contributed by atoms with Gasteiger partial charge in [0.2, 0.25) is 5.91 Å². The molecule has 26 heavy (non-hydrogen) atoms. The summed E-state index contributed by atoms with van der Waals surface area (Å²) in [5.41, 5.74) is 1.20. The molecule has 0 bridgehead atoms. The molecule has 0 unspecified atom stereocenters. The lowest BCUT2D eigenvalue weighted by Gasteiger charge is -2.19. The van der Waals surface area contributed by atoms with Gasteiger partial charge in [0.25, 0.3) is 0 Å². The number of esters is 1. The molecular formula is C19H21N3O3S. The van der Waals surface area contributed by atoms with Crippen LogP contribution in [0.5, 0.6) is 0 Å². The lowest BCUT2D eigenvalue weighted by atomic mass is 10.0. The maximum atomic E-state index is 12.8. The second-order valence-corrected chi connectivity index (χ2v) is 7.49. The second kappa shape index (κ2) is 7.70. The molecular weight excluding hydrogens is 350 g/mol. The van der Waals surface area contributed by atoms with Crippen LogP contribution in [-0.4, -0.2) is 28.5 Å². The zero-order valence-electron chi connectivity index (χ0n) is 14.9. The summed E-state index contributed by atoms with van der Waals surface area (Å²) in [6.45, 7) is 4.19. The number of aromatic nitrogens is 2. The zero-order valence-corrected chi connectivity index (χ0v) is 15.7. The van der Waals surface area contributed by atoms with Crippen molar-refractivity contribution < 1.29 is 14.3 Å². The Morgan fingerprint density at radius 3 is 2.65 bits per heavy atom. The molecule has 136 valence electrons. The molecule has 0 spiro atoms. The van der Waals surface area contributed by atoms with Crippen LogP contribution in [0, 0.1) is 5.92 Å². The van der Waals surface area contributed by atoms with Crippen LogP contribution >= 0.6 is 11.3 Å². The second-order valence-electron chi connectivity index (χ2n) is 6.46. The average molecular weight is 371 g/mol. The molecule has 1 amide bonds. The molecule has 2 aromatic heterocycles. The van der Waals surface area contributed by atoms with Crippen molar-refractivity contribution in [3.05, 3.63) is 48.3 Å². The van der Waals surface area contributed by atoms with Crippen LogP contribution in [0.3, 0.4) is 0 Å². The topological polar surface area (TPSA) is 73.2 Å². The van der Waals surface area contributed by atoms with Gasteiger partial charge in [-0.15, -0.1) is 0 Å². The number of methoxy groups -OCH3 is 1. The molecule has 0 saturated carbocycles. The van der Waals surface area contributed by atoms with Crippen LogP contribution in [0.1, 0.15) is 36.7 Å². The minimum absolute atomic E-state index is 0.0952. The third-order valence-electron chi connectivity index (χ3n) is 4.02. The highest BCUT2D eigenvalue weighted by Gasteiger charge is 2.22. The van der Waals surface area contributed by atoms with Crippen molar-refractivity contribution in [3.63, 3.8) is 0 Å². The van der Waals surface area contributed by atoms with Gasteiger partial charge in [0.1, 0.15) is 6.04 Å². The number of nitrogens with one attached hydrogen (secondary N) is 1. The summed E-state index contributed by atoms with van der Waals surface area (Å²) >= 11 is 1.34. The van der Waals surface area contributed by atoms with Crippen LogP contribution < -0.4 is 5.32 Å². The molecule has 0 aliphatic rings. The van der Waals surface area contributed by atoms with Crippen LogP contribution in [-0.2, 0) is 9.53 Å². The van der Waals surface area contributed by atoms with E-state index < -0.39 is 5.97 Å². The summed E-state index contributed by atoms with van der Waals surface area (Å²) in [4.78, 5) is 28.9. The molecule has 3 rings (SSSR count). The lowest BCUT2D eigenvalue weighted by Crippen LogP contribution is -2.26. The number of carbonyl (C=O) groups is 2. The van der Waals surface area contributed by atoms with Crippen molar-refractivity contribution in [1.82, 2.24) is 9.55 Å². The molecule has 0 fully saturated rings. The first-order chi connectivity index (χ1) is 12.5. The Morgan fingerprint density at radius 2 is 2.00 bits per heavy atom. The van der Waals surface area contributed by atoms with Crippen LogP contribution in [0.15, 0.2) is 42.7 Å². The van der Waals surface area contributed by atoms with E-state index in [9.17, 15) is 9.59 Å². The molecule has 0 aliphatic heterocycles. The minimum atomic E-state index is -0.393. The average Bonchev–Trinajstić information content (AvgIpc) is 3.27. The largest absolute Gasteiger partial charge is 0.465 e. The highest BCUT2D eigenvalue weighted by molar-refractivity contribution is 7.22. The van der Waals surface area contributed by atoms with Gasteiger partial charge in [0.05, 0.1) is 22.9 Å². The molecule has 1 aromatic carbocycles. The lowest BCUT2D eigenvalue weighted by molar-refractivity contribution is -0.119. The van der Waals surface area contributed by atoms with E-state index in [0.717, 1.165) is 16.6 Å². The Hall–Kier alpha value is -2.67. The number of carbonyl (C=O) groups excluding carboxylic acids is 2. The molecule has 0 radical (unpaired) electrons. The number of hydrogen-bond donors (Lipinski definition) is 1. The molecule has 3 aromatic rings. The number of benzene rings is 1. The fourth-order valence-electron chi connectivity index (χ4n) is 2.78. The molecule has 0 aliphatic carbocycles. The Balaban J connectivity index is 1.82. The predicted molar refractivity (Wildman–Crippen MR) is 103 cm³/mol. The van der Waals surface area contributed by atoms with E-state index in [1.807, 2.05) is 29.1 Å². The smallest absolute Gasteiger partial charge is 0.337 e. The number of hydrogen-bond acceptors (Lipinski definition) is 5. The van der Waals surface area contributed by atoms with Crippen LogP contribution in [0.4, 0.5) is 5.13 Å². The van der Waals surface area contributed by atoms with E-state index in [1.54, 1.807) is 18.2 Å². The number of ether oxygens (including phenoxy) is 1. The van der Waals surface area contributed by atoms with E-state index >= 15 is 0 Å². The minimum Gasteiger partial charge on any atom is -0.465 e. The Kier molecular flexibility index (Phi) is 5.37. The van der Waals surface area contributed by atoms with E-state index in [-0.39, 0.29) is 11.9 Å². The summed E-state index contributed by atoms with van der Waals surface area (Å²) in [6, 6.07) is 8.68. The number of thiazole rings is 1. The van der Waals surface area contributed by atoms with E-state index in [2.05, 4.69) is 24.1 Å². The maximum Gasteiger partial charge on any atom is 0.337 e. The third kappa shape index (κ3) is 3.94. The van der Waals surface area contributed by atoms with E-state index in [1.165, 1.54) is 18.4 Å². The van der Waals surface area contributed by atoms with Gasteiger partial charge >= 0.3 is 5.97 Å². The van der Waals surface area contributed by atoms with Gasteiger partial charge in [-0.1, -0.05) is 25.2 Å². The van der Waals surface area contributed by atoms with Crippen LogP contribution in [0.2, 0.25) is 0 Å². The number of anilines is 1. The maximum absolute atomic E-state index is 12.8. The van der Waals surface area contributed by atoms with Crippen molar-refractivity contribution in [2.24, 2.45) is 5.92 Å². The van der Waals surface area contributed by atoms with Crippen LogP contribution in [0.25, 0.3) is 10.2 Å². The monoisotopic (exact) mass is 371 g/mol. The van der Waals surface area contributed by atoms with Gasteiger partial charge in [0, 0.05) is 12.4 Å². The highest BCUT2D eigenvalue weighted by Crippen LogP contribution is 2.28. The van der Waals surface area contributed by atoms with Crippen molar-refractivity contribution >= 4 is 38.6 Å². The SMILES string of the molecule is COC(=O)c1ccc2nc(NC(=O)[C@H](CC(C)C)n3cccc3)sc2c1. The quantitative estimate of drug-likeness (QED) is 0.662. The first-order valence-corrected chi connectivity index (χ1v) is 9.22. The van der Waals surface area contributed by atoms with Gasteiger partial charge in [-0.25, -0.2) is 9.78 Å². The van der Waals surface area contributed by atoms with Gasteiger partial charge < -0.3 is 14.6 Å². The van der Waals surface area contributed by atoms with Crippen molar-refractivity contribution in [2.75, 3.05) is 12.4 Å². The molecule has 7 heteroatoms. The third-order valence-corrected chi connectivity index (χ3v) is 4.96. The summed E-state index contributed by atoms with van der Waals surface area (Å²) in [5, 5.41) is 3.44. The highest BCUT2D eigenvalue weighted by atomic mass is 32.1. The molecule has 1 N–H and O–H groups in total. The Bertz CT molecular complexity index is 915. The molecule has 6 nitrogen and oxygen atoms in total. The standard InChI is InChI=1S/C19H21N3O3S/c1-12(2)10-15(22-8-4-5-9-22)17(23)21-19-20-14-7-6-13(18(24)25-3)11-16(14)26-19/h4-9,11-12,15H,10H2,1-3H3,(H,20,21,23)/t15-/m0/s1. The predicted octanol–water partition coefficient (Wildman–Crippen LogP) is 4.11. The Morgan fingerprint density at radius 1 is 1.27 bits per heavy atom. The summed E-state index contributed by atoms with van der Waals surface area (Å²) < 4.78 is 7.48. The van der Waals surface area contributed by atoms with Gasteiger partial charge in [-0.05, 0) is 42.7 Å². The summed E-state index contributed by atoms with van der Waals surface area (Å²) in [6.07, 6.45) is 4.53. The first-order valence-electron chi connectivity index (χ1n) is 8.40. The van der Waals surface area contributed by atoms with Gasteiger partial charge in [-0.3, -0.25) is 4.79 Å². The van der Waals surface area contributed by atoms with Gasteiger partial charge in [0.15, 0.2) is 5.13 Å². The molecule has 2 heterocycles. The summed E-state index contributed by atoms with van der Waals surface area (Å²) in [7, 11) is 1.35. The normalized spacial score (nSPS) is 12.3. The van der Waals surface area contributed by atoms with E-state index in [4.69, 9.17) is 4.74 Å². The van der Waals surface area contributed by atoms with Crippen molar-refractivity contribution in [2.45, 2.75) is 26.3 Å². The number of fused-ring (bicyclic) bond motifs is 1. The number of nitrogens with zero attached hydrogens (tertiary/aromatic N) is 2. The van der Waals surface area contributed by atoms with Gasteiger partial charge in [-0.2, -0.15) is 0 Å². The zero-order chi connectivity index (χ0) is 18.7. The first kappa shape index (κ1) is 18.1. The summed E-state index contributed by atoms with van der Waals surface area (Å²) in [5.74, 6) is -0.108. The molecule has 1 atom stereocenters. The Labute approximate surface area is 155 Å². The number of amides is 1. The van der Waals surface area contributed by atoms with E-state index in [0.29, 0.717) is 16.6 Å². The van der Waals surface area contributed by atoms with Crippen molar-refractivity contribution in [1.29, 1.82) is 0 Å². The fourth-order valence-corrected chi connectivity index (χ4v) is 3.69.